The van der Waals surface area contributed by atoms with Gasteiger partial charge in [-0.2, -0.15) is 0 Å². The number of fused-ring (bicyclic) bond motifs is 1. The van der Waals surface area contributed by atoms with Crippen LogP contribution in [0.1, 0.15) is 19.5 Å². The fourth-order valence-corrected chi connectivity index (χ4v) is 3.47. The van der Waals surface area contributed by atoms with Gasteiger partial charge < -0.3 is 0 Å². The number of hydrogen-bond acceptors (Lipinski definition) is 3. The van der Waals surface area contributed by atoms with Crippen LogP contribution in [0.15, 0.2) is 12.1 Å². The van der Waals surface area contributed by atoms with Gasteiger partial charge in [0.05, 0.1) is 10.4 Å². The van der Waals surface area contributed by atoms with E-state index in [2.05, 4.69) is 27.6 Å². The number of pyridine rings is 1. The Morgan fingerprint density at radius 1 is 1.40 bits per heavy atom. The lowest BCUT2D eigenvalue weighted by atomic mass is 10.0. The Labute approximate surface area is 139 Å². The fraction of sp³-hybridized carbons (Fsp3) is 0.308. The molecule has 0 fully saturated rings. The van der Waals surface area contributed by atoms with Gasteiger partial charge in [-0.15, -0.1) is 0 Å². The van der Waals surface area contributed by atoms with Crippen molar-refractivity contribution in [1.82, 2.24) is 4.98 Å². The molecule has 0 saturated carbocycles. The van der Waals surface area contributed by atoms with Gasteiger partial charge in [0.1, 0.15) is 10.7 Å². The smallest absolute Gasteiger partial charge is 0.258 e. The van der Waals surface area contributed by atoms with Gasteiger partial charge in [-0.1, -0.05) is 37.0 Å². The first kappa shape index (κ1) is 15.7. The van der Waals surface area contributed by atoms with E-state index in [1.807, 2.05) is 13.8 Å². The van der Waals surface area contributed by atoms with E-state index in [1.54, 1.807) is 12.1 Å². The van der Waals surface area contributed by atoms with E-state index in [-0.39, 0.29) is 16.6 Å². The van der Waals surface area contributed by atoms with Crippen LogP contribution in [-0.4, -0.2) is 9.91 Å². The summed E-state index contributed by atoms with van der Waals surface area (Å²) in [6, 6.07) is 3.37. The molecule has 0 unspecified atom stereocenters. The maximum atomic E-state index is 11.3. The van der Waals surface area contributed by atoms with Crippen molar-refractivity contribution >= 4 is 62.4 Å². The van der Waals surface area contributed by atoms with Crippen LogP contribution in [0.25, 0.3) is 10.9 Å². The van der Waals surface area contributed by atoms with E-state index in [9.17, 15) is 10.1 Å². The fourth-order valence-electron chi connectivity index (χ4n) is 2.00. The van der Waals surface area contributed by atoms with E-state index >= 15 is 0 Å². The number of nitrogens with zero attached hydrogens (tertiary/aromatic N) is 2. The van der Waals surface area contributed by atoms with Crippen molar-refractivity contribution in [2.75, 3.05) is 0 Å². The van der Waals surface area contributed by atoms with E-state index in [4.69, 9.17) is 23.2 Å². The van der Waals surface area contributed by atoms with E-state index in [0.717, 1.165) is 3.57 Å². The molecule has 2 rings (SSSR count). The zero-order valence-electron chi connectivity index (χ0n) is 10.8. The number of hydrogen-bond donors (Lipinski definition) is 0. The number of rotatable bonds is 3. The minimum Gasteiger partial charge on any atom is -0.258 e. The normalized spacial score (nSPS) is 11.3. The molecule has 1 aromatic heterocycles. The molecule has 0 radical (unpaired) electrons. The molecular formula is C13H11Cl2IN2O2. The first-order valence-corrected chi connectivity index (χ1v) is 7.76. The van der Waals surface area contributed by atoms with E-state index in [1.165, 1.54) is 0 Å². The van der Waals surface area contributed by atoms with Crippen LogP contribution in [0.2, 0.25) is 10.0 Å². The minimum absolute atomic E-state index is 0.107. The molecule has 106 valence electrons. The standard InChI is InChI=1S/C13H11Cl2IN2O2/c1-6(2)3-10-13(18(19)20)11(15)8-4-7(14)5-9(16)12(8)17-10/h4-6H,3H2,1-2H3. The predicted molar refractivity (Wildman–Crippen MR) is 89.7 cm³/mol. The van der Waals surface area contributed by atoms with Crippen LogP contribution in [0.5, 0.6) is 0 Å². The molecule has 7 heteroatoms. The molecule has 2 aromatic rings. The Bertz CT molecular complexity index is 705. The lowest BCUT2D eigenvalue weighted by Crippen LogP contribution is -2.05. The summed E-state index contributed by atoms with van der Waals surface area (Å²) in [5.74, 6) is 0.250. The Kier molecular flexibility index (Phi) is 4.71. The highest BCUT2D eigenvalue weighted by atomic mass is 127. The van der Waals surface area contributed by atoms with Crippen LogP contribution in [0.3, 0.4) is 0 Å². The topological polar surface area (TPSA) is 56.0 Å². The van der Waals surface area contributed by atoms with Crippen molar-refractivity contribution < 1.29 is 4.92 Å². The summed E-state index contributed by atoms with van der Waals surface area (Å²) in [6.07, 6.45) is 0.505. The number of halogens is 3. The van der Waals surface area contributed by atoms with Crippen LogP contribution in [0.4, 0.5) is 5.69 Å². The predicted octanol–water partition coefficient (Wildman–Crippen LogP) is 5.25. The van der Waals surface area contributed by atoms with Crippen molar-refractivity contribution in [3.63, 3.8) is 0 Å². The average molecular weight is 425 g/mol. The van der Waals surface area contributed by atoms with Gasteiger partial charge in [-0.3, -0.25) is 10.1 Å². The minimum atomic E-state index is -0.472. The van der Waals surface area contributed by atoms with Crippen molar-refractivity contribution in [1.29, 1.82) is 0 Å². The molecule has 0 aliphatic heterocycles. The van der Waals surface area contributed by atoms with Crippen LogP contribution >= 0.6 is 45.8 Å². The first-order chi connectivity index (χ1) is 9.31. The molecule has 1 heterocycles. The Hall–Kier alpha value is -0.660. The first-order valence-electron chi connectivity index (χ1n) is 5.92. The number of benzene rings is 1. The Balaban J connectivity index is 2.85. The van der Waals surface area contributed by atoms with Gasteiger partial charge in [-0.05, 0) is 47.1 Å². The average Bonchev–Trinajstić information content (AvgIpc) is 2.29. The highest BCUT2D eigenvalue weighted by molar-refractivity contribution is 14.1. The molecule has 0 saturated heterocycles. The zero-order chi connectivity index (χ0) is 15.0. The largest absolute Gasteiger partial charge is 0.309 e. The summed E-state index contributed by atoms with van der Waals surface area (Å²) in [4.78, 5) is 15.3. The van der Waals surface area contributed by atoms with Gasteiger partial charge in [0.2, 0.25) is 0 Å². The van der Waals surface area contributed by atoms with Gasteiger partial charge in [0.25, 0.3) is 0 Å². The number of aromatic nitrogens is 1. The summed E-state index contributed by atoms with van der Waals surface area (Å²) in [5.41, 5.74) is 0.954. The van der Waals surface area contributed by atoms with Crippen molar-refractivity contribution in [3.8, 4) is 0 Å². The third kappa shape index (κ3) is 2.99. The highest BCUT2D eigenvalue weighted by Crippen LogP contribution is 2.37. The summed E-state index contributed by atoms with van der Waals surface area (Å²) >= 11 is 14.3. The van der Waals surface area contributed by atoms with Crippen LogP contribution in [-0.2, 0) is 6.42 Å². The van der Waals surface area contributed by atoms with Gasteiger partial charge in [0.15, 0.2) is 0 Å². The van der Waals surface area contributed by atoms with Crippen molar-refractivity contribution in [3.05, 3.63) is 41.6 Å². The van der Waals surface area contributed by atoms with Crippen molar-refractivity contribution in [2.45, 2.75) is 20.3 Å². The summed E-state index contributed by atoms with van der Waals surface area (Å²) in [5, 5.41) is 12.4. The molecular weight excluding hydrogens is 414 g/mol. The molecule has 0 bridgehead atoms. The summed E-state index contributed by atoms with van der Waals surface area (Å²) in [6.45, 7) is 3.96. The van der Waals surface area contributed by atoms with Crippen molar-refractivity contribution in [2.24, 2.45) is 5.92 Å². The maximum Gasteiger partial charge on any atom is 0.309 e. The quantitative estimate of drug-likeness (QED) is 0.384. The second-order valence-corrected chi connectivity index (χ2v) is 6.84. The Morgan fingerprint density at radius 3 is 2.60 bits per heavy atom. The van der Waals surface area contributed by atoms with Gasteiger partial charge in [0, 0.05) is 14.0 Å². The zero-order valence-corrected chi connectivity index (χ0v) is 14.5. The van der Waals surface area contributed by atoms with E-state index in [0.29, 0.717) is 28.0 Å². The monoisotopic (exact) mass is 424 g/mol. The summed E-state index contributed by atoms with van der Waals surface area (Å²) < 4.78 is 0.826. The molecule has 0 amide bonds. The van der Waals surface area contributed by atoms with Gasteiger partial charge in [-0.25, -0.2) is 4.98 Å². The van der Waals surface area contributed by atoms with Crippen LogP contribution in [0, 0.1) is 19.6 Å². The summed E-state index contributed by atoms with van der Waals surface area (Å²) in [7, 11) is 0. The second-order valence-electron chi connectivity index (χ2n) is 4.86. The molecule has 0 aliphatic rings. The third-order valence-electron chi connectivity index (χ3n) is 2.78. The lowest BCUT2D eigenvalue weighted by molar-refractivity contribution is -0.385. The SMILES string of the molecule is CC(C)Cc1nc2c(I)cc(Cl)cc2c(Cl)c1[N+](=O)[O-]. The molecule has 0 aliphatic carbocycles. The highest BCUT2D eigenvalue weighted by Gasteiger charge is 2.25. The van der Waals surface area contributed by atoms with Crippen LogP contribution < -0.4 is 0 Å². The molecule has 1 aromatic carbocycles. The molecule has 4 nitrogen and oxygen atoms in total. The molecule has 20 heavy (non-hydrogen) atoms. The van der Waals surface area contributed by atoms with E-state index < -0.39 is 4.92 Å². The maximum absolute atomic E-state index is 11.3. The lowest BCUT2D eigenvalue weighted by Gasteiger charge is -2.10. The number of nitro groups is 1. The third-order valence-corrected chi connectivity index (χ3v) is 4.20. The molecule has 0 spiro atoms. The molecule has 0 atom stereocenters. The molecule has 0 N–H and O–H groups in total. The Morgan fingerprint density at radius 2 is 2.05 bits per heavy atom. The van der Waals surface area contributed by atoms with Gasteiger partial charge >= 0.3 is 5.69 Å². The second kappa shape index (κ2) is 5.99.